The van der Waals surface area contributed by atoms with Gasteiger partial charge in [0.15, 0.2) is 5.82 Å². The third-order valence-electron chi connectivity index (χ3n) is 5.12. The van der Waals surface area contributed by atoms with Gasteiger partial charge < -0.3 is 15.5 Å². The first-order chi connectivity index (χ1) is 15.0. The van der Waals surface area contributed by atoms with Crippen LogP contribution in [0.1, 0.15) is 11.6 Å². The molecule has 0 aliphatic carbocycles. The lowest BCUT2D eigenvalue weighted by Gasteiger charge is -2.25. The summed E-state index contributed by atoms with van der Waals surface area (Å²) in [5, 5.41) is 15.0. The zero-order valence-corrected chi connectivity index (χ0v) is 16.6. The molecule has 2 amide bonds. The number of halogens is 2. The Bertz CT molecular complexity index is 1330. The number of hydrogen-bond donors (Lipinski definition) is 2. The summed E-state index contributed by atoms with van der Waals surface area (Å²) in [6.45, 7) is 0. The minimum absolute atomic E-state index is 0.0850. The summed E-state index contributed by atoms with van der Waals surface area (Å²) in [6, 6.07) is 12.9. The number of benzene rings is 2. The van der Waals surface area contributed by atoms with Crippen LogP contribution in [0.15, 0.2) is 66.5 Å². The average molecular weight is 433 g/mol. The maximum Gasteiger partial charge on any atom is 0.323 e. The largest absolute Gasteiger partial charge is 0.323 e. The normalized spacial score (nSPS) is 18.7. The van der Waals surface area contributed by atoms with Crippen LogP contribution in [0, 0.1) is 17.1 Å². The quantitative estimate of drug-likeness (QED) is 0.624. The maximum atomic E-state index is 13.3. The summed E-state index contributed by atoms with van der Waals surface area (Å²) >= 11 is 5.75. The number of fused-ring (bicyclic) bond motifs is 4. The van der Waals surface area contributed by atoms with Crippen molar-refractivity contribution in [2.45, 2.75) is 12.0 Å². The predicted octanol–water partition coefficient (Wildman–Crippen LogP) is 4.45. The Kier molecular flexibility index (Phi) is 4.53. The first-order valence-corrected chi connectivity index (χ1v) is 9.79. The summed E-state index contributed by atoms with van der Waals surface area (Å²) < 4.78 is 13.3. The molecular weight excluding hydrogens is 419 g/mol. The lowest BCUT2D eigenvalue weighted by Crippen LogP contribution is -2.35. The standard InChI is InChI=1S/C22H14ClFN6O/c23-15-9-12(5-6-16(15)24)26-22(31)27-13-7-8-30-19(10-13)14(11-25)20-21(30)29-18-4-2-1-3-17(18)28-20/h1-10,14,19H,(H2,26,27,31). The molecule has 2 N–H and O–H groups in total. The van der Waals surface area contributed by atoms with E-state index in [9.17, 15) is 14.4 Å². The molecule has 31 heavy (non-hydrogen) atoms. The summed E-state index contributed by atoms with van der Waals surface area (Å²) in [7, 11) is 0. The lowest BCUT2D eigenvalue weighted by atomic mass is 9.99. The topological polar surface area (TPSA) is 93.9 Å². The van der Waals surface area contributed by atoms with Gasteiger partial charge in [0.1, 0.15) is 17.4 Å². The number of aromatic nitrogens is 2. The van der Waals surface area contributed by atoms with Crippen molar-refractivity contribution < 1.29 is 9.18 Å². The Morgan fingerprint density at radius 2 is 1.94 bits per heavy atom. The molecule has 0 radical (unpaired) electrons. The smallest absolute Gasteiger partial charge is 0.323 e. The highest BCUT2D eigenvalue weighted by atomic mass is 35.5. The van der Waals surface area contributed by atoms with E-state index >= 15 is 0 Å². The Morgan fingerprint density at radius 3 is 2.68 bits per heavy atom. The van der Waals surface area contributed by atoms with E-state index in [0.29, 0.717) is 22.9 Å². The van der Waals surface area contributed by atoms with E-state index in [0.717, 1.165) is 11.0 Å². The number of nitrogens with one attached hydrogen (secondary N) is 2. The highest BCUT2D eigenvalue weighted by Gasteiger charge is 2.41. The molecule has 9 heteroatoms. The van der Waals surface area contributed by atoms with Crippen molar-refractivity contribution in [3.05, 3.63) is 83.0 Å². The molecule has 1 aromatic heterocycles. The number of rotatable bonds is 2. The monoisotopic (exact) mass is 432 g/mol. The number of nitrogens with zero attached hydrogens (tertiary/aromatic N) is 4. The van der Waals surface area contributed by atoms with Crippen LogP contribution in [-0.4, -0.2) is 22.0 Å². The number of allylic oxidation sites excluding steroid dienone is 1. The van der Waals surface area contributed by atoms with Crippen molar-refractivity contribution in [2.24, 2.45) is 0 Å². The second kappa shape index (κ2) is 7.38. The van der Waals surface area contributed by atoms with E-state index < -0.39 is 17.8 Å². The number of hydrogen-bond acceptors (Lipinski definition) is 5. The second-order valence-electron chi connectivity index (χ2n) is 7.07. The molecule has 2 atom stereocenters. The van der Waals surface area contributed by atoms with Gasteiger partial charge in [-0.3, -0.25) is 0 Å². The molecule has 0 fully saturated rings. The van der Waals surface area contributed by atoms with E-state index in [-0.39, 0.29) is 11.1 Å². The fourth-order valence-corrected chi connectivity index (χ4v) is 3.88. The average Bonchev–Trinajstić information content (AvgIpc) is 3.06. The van der Waals surface area contributed by atoms with E-state index in [1.165, 1.54) is 18.2 Å². The number of para-hydroxylation sites is 2. The van der Waals surface area contributed by atoms with Gasteiger partial charge in [-0.1, -0.05) is 23.7 Å². The highest BCUT2D eigenvalue weighted by Crippen LogP contribution is 2.41. The van der Waals surface area contributed by atoms with E-state index in [2.05, 4.69) is 26.7 Å². The third-order valence-corrected chi connectivity index (χ3v) is 5.41. The molecule has 0 saturated heterocycles. The van der Waals surface area contributed by atoms with Crippen molar-refractivity contribution in [3.63, 3.8) is 0 Å². The molecule has 5 rings (SSSR count). The Labute approximate surface area is 181 Å². The predicted molar refractivity (Wildman–Crippen MR) is 115 cm³/mol. The van der Waals surface area contributed by atoms with Gasteiger partial charge in [0.25, 0.3) is 0 Å². The van der Waals surface area contributed by atoms with Gasteiger partial charge in [0.2, 0.25) is 0 Å². The Morgan fingerprint density at radius 1 is 1.16 bits per heavy atom. The minimum Gasteiger partial charge on any atom is -0.323 e. The van der Waals surface area contributed by atoms with Crippen LogP contribution in [0.3, 0.4) is 0 Å². The number of carbonyl (C=O) groups is 1. The minimum atomic E-state index is -0.566. The summed E-state index contributed by atoms with van der Waals surface area (Å²) in [5.74, 6) is -0.469. The SMILES string of the molecule is N#CC1c2nc3ccccc3nc2N2C=CC(NC(=O)Nc3ccc(F)c(Cl)c3)=CC12. The molecule has 0 bridgehead atoms. The van der Waals surface area contributed by atoms with E-state index in [1.54, 1.807) is 18.4 Å². The maximum absolute atomic E-state index is 13.3. The first-order valence-electron chi connectivity index (χ1n) is 9.41. The second-order valence-corrected chi connectivity index (χ2v) is 7.48. The van der Waals surface area contributed by atoms with Gasteiger partial charge >= 0.3 is 6.03 Å². The van der Waals surface area contributed by atoms with Crippen LogP contribution in [0.5, 0.6) is 0 Å². The van der Waals surface area contributed by atoms with Crippen molar-refractivity contribution in [3.8, 4) is 6.07 Å². The number of anilines is 2. The molecule has 2 aliphatic rings. The Hall–Kier alpha value is -3.96. The summed E-state index contributed by atoms with van der Waals surface area (Å²) in [4.78, 5) is 23.6. The molecule has 7 nitrogen and oxygen atoms in total. The van der Waals surface area contributed by atoms with Gasteiger partial charge in [-0.2, -0.15) is 5.26 Å². The van der Waals surface area contributed by atoms with Crippen LogP contribution >= 0.6 is 11.6 Å². The fraction of sp³-hybridized carbons (Fsp3) is 0.0909. The van der Waals surface area contributed by atoms with Crippen LogP contribution < -0.4 is 15.5 Å². The summed E-state index contributed by atoms with van der Waals surface area (Å²) in [5.41, 5.74) is 2.96. The molecule has 3 heterocycles. The molecule has 0 spiro atoms. The van der Waals surface area contributed by atoms with E-state index in [4.69, 9.17) is 11.6 Å². The fourth-order valence-electron chi connectivity index (χ4n) is 3.70. The molecule has 0 saturated carbocycles. The molecule has 152 valence electrons. The number of nitriles is 1. The van der Waals surface area contributed by atoms with Gasteiger partial charge in [0, 0.05) is 17.6 Å². The Balaban J connectivity index is 1.39. The zero-order chi connectivity index (χ0) is 21.5. The third kappa shape index (κ3) is 3.35. The van der Waals surface area contributed by atoms with Crippen molar-refractivity contribution in [1.82, 2.24) is 15.3 Å². The number of amides is 2. The van der Waals surface area contributed by atoms with Gasteiger partial charge in [0.05, 0.1) is 28.2 Å². The van der Waals surface area contributed by atoms with Gasteiger partial charge in [-0.25, -0.2) is 19.2 Å². The number of carbonyl (C=O) groups excluding carboxylic acids is 1. The molecule has 2 unspecified atom stereocenters. The zero-order valence-electron chi connectivity index (χ0n) is 15.9. The van der Waals surface area contributed by atoms with E-state index in [1.807, 2.05) is 29.2 Å². The molecule has 3 aromatic rings. The van der Waals surface area contributed by atoms with Crippen molar-refractivity contribution in [1.29, 1.82) is 5.26 Å². The molecule has 2 aliphatic heterocycles. The first kappa shape index (κ1) is 19.0. The summed E-state index contributed by atoms with van der Waals surface area (Å²) in [6.07, 6.45) is 5.28. The van der Waals surface area contributed by atoms with Crippen molar-refractivity contribution >= 4 is 40.2 Å². The van der Waals surface area contributed by atoms with Crippen LogP contribution in [-0.2, 0) is 0 Å². The van der Waals surface area contributed by atoms with Crippen LogP contribution in [0.4, 0.5) is 20.7 Å². The lowest BCUT2D eigenvalue weighted by molar-refractivity contribution is 0.254. The van der Waals surface area contributed by atoms with Crippen LogP contribution in [0.25, 0.3) is 11.0 Å². The van der Waals surface area contributed by atoms with Crippen molar-refractivity contribution in [2.75, 3.05) is 10.2 Å². The highest BCUT2D eigenvalue weighted by molar-refractivity contribution is 6.31. The molecule has 2 aromatic carbocycles. The van der Waals surface area contributed by atoms with Gasteiger partial charge in [-0.15, -0.1) is 0 Å². The number of urea groups is 1. The van der Waals surface area contributed by atoms with Crippen LogP contribution in [0.2, 0.25) is 5.02 Å². The van der Waals surface area contributed by atoms with Gasteiger partial charge in [-0.05, 0) is 42.5 Å². The molecular formula is C22H14ClFN6O.